The predicted octanol–water partition coefficient (Wildman–Crippen LogP) is -0.657. The first-order valence-corrected chi connectivity index (χ1v) is 2.51. The van der Waals surface area contributed by atoms with E-state index >= 15 is 0 Å². The summed E-state index contributed by atoms with van der Waals surface area (Å²) in [7, 11) is 0. The van der Waals surface area contributed by atoms with Gasteiger partial charge in [-0.2, -0.15) is 0 Å². The Hall–Kier alpha value is -1.10. The van der Waals surface area contributed by atoms with Gasteiger partial charge in [0.25, 0.3) is 0 Å². The number of hydrogen-bond donors (Lipinski definition) is 2. The minimum Gasteiger partial charge on any atom is -0.473 e. The molecule has 0 aliphatic heterocycles. The number of carbonyl (C=O) groups excluding carboxylic acids is 1. The Morgan fingerprint density at radius 3 is 1.90 bits per heavy atom. The summed E-state index contributed by atoms with van der Waals surface area (Å²) in [6.45, 7) is 2.32. The lowest BCUT2D eigenvalue weighted by Gasteiger charge is -2.15. The second-order valence-corrected chi connectivity index (χ2v) is 2.14. The van der Waals surface area contributed by atoms with Gasteiger partial charge in [0.15, 0.2) is 0 Å². The lowest BCUT2D eigenvalue weighted by atomic mass is 10.4. The Kier molecular flexibility index (Phi) is 2.36. The molecule has 10 heavy (non-hydrogen) atoms. The number of aliphatic carboxylic acids is 1. The molecule has 0 saturated carbocycles. The van der Waals surface area contributed by atoms with Crippen LogP contribution in [0.2, 0.25) is 0 Å². The molecule has 0 aromatic rings. The molecule has 5 heteroatoms. The largest absolute Gasteiger partial charge is 0.473 e. The smallest absolute Gasteiger partial charge is 0.419 e. The molecule has 0 aliphatic carbocycles. The minimum atomic E-state index is -1.73. The molecule has 58 valence electrons. The molecule has 0 aromatic carbocycles. The van der Waals surface area contributed by atoms with Crippen LogP contribution in [0.5, 0.6) is 0 Å². The van der Waals surface area contributed by atoms with Gasteiger partial charge in [0.2, 0.25) is 5.79 Å². The van der Waals surface area contributed by atoms with Crippen molar-refractivity contribution in [3.8, 4) is 0 Å². The zero-order valence-corrected chi connectivity index (χ0v) is 5.62. The molecule has 0 spiro atoms. The van der Waals surface area contributed by atoms with Crippen molar-refractivity contribution in [3.05, 3.63) is 0 Å². The molecule has 0 fully saturated rings. The lowest BCUT2D eigenvalue weighted by molar-refractivity contribution is -0.201. The normalized spacial score (nSPS) is 10.7. The van der Waals surface area contributed by atoms with Gasteiger partial charge in [0.1, 0.15) is 0 Å². The van der Waals surface area contributed by atoms with Crippen LogP contribution < -0.4 is 0 Å². The van der Waals surface area contributed by atoms with Crippen molar-refractivity contribution < 1.29 is 24.5 Å². The van der Waals surface area contributed by atoms with E-state index in [4.69, 9.17) is 10.2 Å². The first-order valence-electron chi connectivity index (χ1n) is 2.51. The SMILES string of the molecule is CC(C)(O)OC(=O)C(=O)O. The van der Waals surface area contributed by atoms with Crippen LogP contribution in [-0.2, 0) is 14.3 Å². The van der Waals surface area contributed by atoms with Crippen LogP contribution in [0.4, 0.5) is 0 Å². The van der Waals surface area contributed by atoms with Crippen molar-refractivity contribution in [2.75, 3.05) is 0 Å². The average Bonchev–Trinajstić information content (AvgIpc) is 1.60. The number of rotatable bonds is 1. The first kappa shape index (κ1) is 8.90. The van der Waals surface area contributed by atoms with E-state index in [2.05, 4.69) is 4.74 Å². The third-order valence-corrected chi connectivity index (χ3v) is 0.517. The number of esters is 1. The van der Waals surface area contributed by atoms with E-state index in [-0.39, 0.29) is 0 Å². The highest BCUT2D eigenvalue weighted by atomic mass is 16.7. The van der Waals surface area contributed by atoms with Gasteiger partial charge in [-0.1, -0.05) is 0 Å². The Balaban J connectivity index is 3.93. The molecule has 0 unspecified atom stereocenters. The molecular weight excluding hydrogens is 140 g/mol. The monoisotopic (exact) mass is 148 g/mol. The number of carboxylic acids is 1. The fourth-order valence-corrected chi connectivity index (χ4v) is 0.271. The minimum absolute atomic E-state index is 1.16. The van der Waals surface area contributed by atoms with E-state index in [1.54, 1.807) is 0 Å². The van der Waals surface area contributed by atoms with E-state index in [1.165, 1.54) is 0 Å². The quantitative estimate of drug-likeness (QED) is 0.293. The van der Waals surface area contributed by atoms with Crippen LogP contribution >= 0.6 is 0 Å². The summed E-state index contributed by atoms with van der Waals surface area (Å²) in [6, 6.07) is 0. The van der Waals surface area contributed by atoms with Gasteiger partial charge in [0.05, 0.1) is 0 Å². The van der Waals surface area contributed by atoms with Crippen LogP contribution in [0.25, 0.3) is 0 Å². The van der Waals surface area contributed by atoms with E-state index in [0.29, 0.717) is 0 Å². The summed E-state index contributed by atoms with van der Waals surface area (Å²) < 4.78 is 4.02. The Labute approximate surface area is 57.2 Å². The summed E-state index contributed by atoms with van der Waals surface area (Å²) in [5, 5.41) is 16.7. The van der Waals surface area contributed by atoms with Crippen LogP contribution in [0, 0.1) is 0 Å². The summed E-state index contributed by atoms with van der Waals surface area (Å²) >= 11 is 0. The van der Waals surface area contributed by atoms with Crippen molar-refractivity contribution in [3.63, 3.8) is 0 Å². The lowest BCUT2D eigenvalue weighted by Crippen LogP contribution is -2.31. The molecular formula is C5H8O5. The predicted molar refractivity (Wildman–Crippen MR) is 30.0 cm³/mol. The van der Waals surface area contributed by atoms with Crippen LogP contribution in [0.15, 0.2) is 0 Å². The highest BCUT2D eigenvalue weighted by Crippen LogP contribution is 2.02. The van der Waals surface area contributed by atoms with Crippen molar-refractivity contribution >= 4 is 11.9 Å². The zero-order valence-electron chi connectivity index (χ0n) is 5.62. The second-order valence-electron chi connectivity index (χ2n) is 2.14. The Bertz CT molecular complexity index is 154. The van der Waals surface area contributed by atoms with Crippen LogP contribution in [0.1, 0.15) is 13.8 Å². The summed E-state index contributed by atoms with van der Waals surface area (Å²) in [4.78, 5) is 20.0. The number of aliphatic hydroxyl groups is 1. The number of ether oxygens (including phenoxy) is 1. The third kappa shape index (κ3) is 3.85. The molecule has 5 nitrogen and oxygen atoms in total. The average molecular weight is 148 g/mol. The van der Waals surface area contributed by atoms with Crippen LogP contribution in [0.3, 0.4) is 0 Å². The van der Waals surface area contributed by atoms with E-state index in [9.17, 15) is 9.59 Å². The van der Waals surface area contributed by atoms with Crippen molar-refractivity contribution in [1.29, 1.82) is 0 Å². The van der Waals surface area contributed by atoms with Gasteiger partial charge in [0, 0.05) is 13.8 Å². The first-order chi connectivity index (χ1) is 4.33. The number of carbonyl (C=O) groups is 2. The fourth-order valence-electron chi connectivity index (χ4n) is 0.271. The molecule has 0 bridgehead atoms. The maximum Gasteiger partial charge on any atom is 0.419 e. The summed E-state index contributed by atoms with van der Waals surface area (Å²) in [5.74, 6) is -4.91. The van der Waals surface area contributed by atoms with Gasteiger partial charge in [-0.3, -0.25) is 0 Å². The third-order valence-electron chi connectivity index (χ3n) is 0.517. The zero-order chi connectivity index (χ0) is 8.36. The Morgan fingerprint density at radius 1 is 1.40 bits per heavy atom. The molecule has 0 atom stereocenters. The van der Waals surface area contributed by atoms with Gasteiger partial charge in [-0.05, 0) is 0 Å². The van der Waals surface area contributed by atoms with E-state index in [0.717, 1.165) is 13.8 Å². The summed E-state index contributed by atoms with van der Waals surface area (Å²) in [6.07, 6.45) is 0. The fraction of sp³-hybridized carbons (Fsp3) is 0.600. The molecule has 0 heterocycles. The van der Waals surface area contributed by atoms with Gasteiger partial charge < -0.3 is 14.9 Å². The van der Waals surface area contributed by atoms with E-state index in [1.807, 2.05) is 0 Å². The molecule has 0 rings (SSSR count). The van der Waals surface area contributed by atoms with Gasteiger partial charge in [-0.25, -0.2) is 9.59 Å². The molecule has 0 aromatic heterocycles. The Morgan fingerprint density at radius 2 is 1.80 bits per heavy atom. The van der Waals surface area contributed by atoms with Crippen molar-refractivity contribution in [2.24, 2.45) is 0 Å². The van der Waals surface area contributed by atoms with Gasteiger partial charge in [-0.15, -0.1) is 0 Å². The van der Waals surface area contributed by atoms with E-state index < -0.39 is 17.7 Å². The van der Waals surface area contributed by atoms with Crippen molar-refractivity contribution in [2.45, 2.75) is 19.6 Å². The standard InChI is InChI=1S/C5H8O5/c1-5(2,9)10-4(8)3(6)7/h9H,1-2H3,(H,6,7). The molecule has 2 N–H and O–H groups in total. The molecule has 0 amide bonds. The second kappa shape index (κ2) is 2.66. The summed E-state index contributed by atoms with van der Waals surface area (Å²) in [5.41, 5.74) is 0. The van der Waals surface area contributed by atoms with Gasteiger partial charge >= 0.3 is 11.9 Å². The highest BCUT2D eigenvalue weighted by molar-refractivity contribution is 6.28. The topological polar surface area (TPSA) is 83.8 Å². The van der Waals surface area contributed by atoms with Crippen LogP contribution in [-0.4, -0.2) is 27.9 Å². The maximum atomic E-state index is 10.2. The number of carboxylic acid groups (broad SMARTS) is 1. The highest BCUT2D eigenvalue weighted by Gasteiger charge is 2.23. The maximum absolute atomic E-state index is 10.2. The van der Waals surface area contributed by atoms with Crippen molar-refractivity contribution in [1.82, 2.24) is 0 Å². The molecule has 0 saturated heterocycles. The number of hydrogen-bond acceptors (Lipinski definition) is 4. The molecule has 0 aliphatic rings. The molecule has 0 radical (unpaired) electrons.